The highest BCUT2D eigenvalue weighted by Gasteiger charge is 1.99. The first-order valence-corrected chi connectivity index (χ1v) is 10.0. The third-order valence-electron chi connectivity index (χ3n) is 4.35. The number of hydrogen-bond donors (Lipinski definition) is 2. The van der Waals surface area contributed by atoms with Crippen LogP contribution in [0.3, 0.4) is 0 Å². The van der Waals surface area contributed by atoms with Crippen molar-refractivity contribution in [1.82, 2.24) is 0 Å². The quantitative estimate of drug-likeness (QED) is 0.280. The Morgan fingerprint density at radius 1 is 0.640 bits per heavy atom. The Kier molecular flexibility index (Phi) is 12.5. The summed E-state index contributed by atoms with van der Waals surface area (Å²) in [6, 6.07) is 4.85. The van der Waals surface area contributed by atoms with E-state index in [0.29, 0.717) is 0 Å². The van der Waals surface area contributed by atoms with Crippen molar-refractivity contribution in [1.29, 1.82) is 0 Å². The third-order valence-corrected chi connectivity index (χ3v) is 4.35. The molecule has 0 fully saturated rings. The van der Waals surface area contributed by atoms with Gasteiger partial charge in [-0.05, 0) is 69.1 Å². The molecule has 0 aliphatic heterocycles. The van der Waals surface area contributed by atoms with E-state index in [2.05, 4.69) is 31.2 Å². The molecule has 0 aromatic heterocycles. The molecule has 0 amide bonds. The molecule has 1 rings (SSSR count). The van der Waals surface area contributed by atoms with Gasteiger partial charge < -0.3 is 10.2 Å². The molecule has 2 nitrogen and oxygen atoms in total. The maximum absolute atomic E-state index is 9.45. The van der Waals surface area contributed by atoms with Crippen LogP contribution in [0.5, 0.6) is 11.5 Å². The predicted octanol–water partition coefficient (Wildman–Crippen LogP) is 7.06. The molecule has 0 aliphatic carbocycles. The minimum atomic E-state index is 0.150. The number of aryl methyl sites for hydroxylation is 1. The molecule has 2 heteroatoms. The van der Waals surface area contributed by atoms with Crippen molar-refractivity contribution in [2.45, 2.75) is 84.0 Å². The Morgan fingerprint density at radius 2 is 1.16 bits per heavy atom. The van der Waals surface area contributed by atoms with Gasteiger partial charge in [-0.25, -0.2) is 0 Å². The highest BCUT2D eigenvalue weighted by atomic mass is 16.3. The van der Waals surface area contributed by atoms with Crippen LogP contribution in [0.1, 0.15) is 83.1 Å². The molecule has 0 heterocycles. The molecular formula is C23H36O2. The van der Waals surface area contributed by atoms with Gasteiger partial charge in [-0.3, -0.25) is 0 Å². The van der Waals surface area contributed by atoms with Crippen LogP contribution in [-0.2, 0) is 6.42 Å². The fourth-order valence-electron chi connectivity index (χ4n) is 2.89. The van der Waals surface area contributed by atoms with Gasteiger partial charge in [0.15, 0.2) is 0 Å². The normalized spacial score (nSPS) is 11.7. The molecule has 0 aliphatic rings. The molecule has 0 spiro atoms. The van der Waals surface area contributed by atoms with Crippen LogP contribution < -0.4 is 0 Å². The summed E-state index contributed by atoms with van der Waals surface area (Å²) < 4.78 is 0. The maximum atomic E-state index is 9.45. The standard InChI is InChI=1S/C23H36O2/c1-2-3-4-5-6-7-8-9-10-11-12-13-14-15-16-17-21-18-22(24)20-23(25)19-21/h5-6,10-11,18-20,24-25H,2-4,7-9,12-17H2,1H3. The second-order valence-corrected chi connectivity index (χ2v) is 6.83. The smallest absolute Gasteiger partial charge is 0.119 e. The summed E-state index contributed by atoms with van der Waals surface area (Å²) in [6.45, 7) is 2.24. The van der Waals surface area contributed by atoms with Crippen LogP contribution in [-0.4, -0.2) is 10.2 Å². The van der Waals surface area contributed by atoms with Gasteiger partial charge >= 0.3 is 0 Å². The van der Waals surface area contributed by atoms with Gasteiger partial charge in [0, 0.05) is 6.07 Å². The van der Waals surface area contributed by atoms with Crippen molar-refractivity contribution in [3.8, 4) is 11.5 Å². The topological polar surface area (TPSA) is 40.5 Å². The lowest BCUT2D eigenvalue weighted by atomic mass is 10.0. The zero-order chi connectivity index (χ0) is 18.2. The summed E-state index contributed by atoms with van der Waals surface area (Å²) in [7, 11) is 0. The van der Waals surface area contributed by atoms with Crippen LogP contribution in [0.4, 0.5) is 0 Å². The Bertz CT molecular complexity index is 483. The summed E-state index contributed by atoms with van der Waals surface area (Å²) in [4.78, 5) is 0. The van der Waals surface area contributed by atoms with Gasteiger partial charge in [-0.1, -0.05) is 56.9 Å². The summed E-state index contributed by atoms with van der Waals surface area (Å²) in [5.74, 6) is 0.299. The molecule has 140 valence electrons. The Hall–Kier alpha value is -1.70. The summed E-state index contributed by atoms with van der Waals surface area (Å²) in [5.41, 5.74) is 1.01. The molecule has 2 N–H and O–H groups in total. The fraction of sp³-hybridized carbons (Fsp3) is 0.565. The Labute approximate surface area is 154 Å². The lowest BCUT2D eigenvalue weighted by Crippen LogP contribution is -1.86. The van der Waals surface area contributed by atoms with E-state index in [1.165, 1.54) is 70.3 Å². The molecule has 0 bridgehead atoms. The van der Waals surface area contributed by atoms with Crippen molar-refractivity contribution in [3.63, 3.8) is 0 Å². The lowest BCUT2D eigenvalue weighted by Gasteiger charge is -2.03. The molecule has 0 saturated carbocycles. The summed E-state index contributed by atoms with van der Waals surface area (Å²) >= 11 is 0. The van der Waals surface area contributed by atoms with Crippen molar-refractivity contribution in [3.05, 3.63) is 48.1 Å². The van der Waals surface area contributed by atoms with Crippen molar-refractivity contribution in [2.75, 3.05) is 0 Å². The fourth-order valence-corrected chi connectivity index (χ4v) is 2.89. The average Bonchev–Trinajstić information content (AvgIpc) is 2.57. The van der Waals surface area contributed by atoms with Gasteiger partial charge in [0.05, 0.1) is 0 Å². The molecule has 0 unspecified atom stereocenters. The van der Waals surface area contributed by atoms with Gasteiger partial charge in [0.2, 0.25) is 0 Å². The average molecular weight is 345 g/mol. The second-order valence-electron chi connectivity index (χ2n) is 6.83. The number of phenolic OH excluding ortho intramolecular Hbond substituents is 2. The maximum Gasteiger partial charge on any atom is 0.119 e. The van der Waals surface area contributed by atoms with E-state index in [1.807, 2.05) is 0 Å². The monoisotopic (exact) mass is 344 g/mol. The first-order chi connectivity index (χ1) is 12.2. The minimum absolute atomic E-state index is 0.150. The number of hydrogen-bond acceptors (Lipinski definition) is 2. The van der Waals surface area contributed by atoms with Gasteiger partial charge in [-0.2, -0.15) is 0 Å². The largest absolute Gasteiger partial charge is 0.508 e. The van der Waals surface area contributed by atoms with E-state index in [4.69, 9.17) is 0 Å². The number of benzene rings is 1. The van der Waals surface area contributed by atoms with Gasteiger partial charge in [0.1, 0.15) is 11.5 Å². The Balaban J connectivity index is 1.92. The van der Waals surface area contributed by atoms with Crippen molar-refractivity contribution < 1.29 is 10.2 Å². The first-order valence-electron chi connectivity index (χ1n) is 10.0. The number of aromatic hydroxyl groups is 2. The van der Waals surface area contributed by atoms with Crippen LogP contribution in [0.25, 0.3) is 0 Å². The highest BCUT2D eigenvalue weighted by Crippen LogP contribution is 2.21. The van der Waals surface area contributed by atoms with E-state index < -0.39 is 0 Å². The molecular weight excluding hydrogens is 308 g/mol. The van der Waals surface area contributed by atoms with Crippen molar-refractivity contribution >= 4 is 0 Å². The lowest BCUT2D eigenvalue weighted by molar-refractivity contribution is 0.449. The van der Waals surface area contributed by atoms with E-state index in [-0.39, 0.29) is 11.5 Å². The third kappa shape index (κ3) is 12.3. The van der Waals surface area contributed by atoms with Crippen LogP contribution in [0, 0.1) is 0 Å². The molecule has 1 aromatic carbocycles. The van der Waals surface area contributed by atoms with Gasteiger partial charge in [0.25, 0.3) is 0 Å². The summed E-state index contributed by atoms with van der Waals surface area (Å²) in [6.07, 6.45) is 23.7. The van der Waals surface area contributed by atoms with Gasteiger partial charge in [-0.15, -0.1) is 0 Å². The van der Waals surface area contributed by atoms with Crippen molar-refractivity contribution in [2.24, 2.45) is 0 Å². The molecule has 0 saturated heterocycles. The van der Waals surface area contributed by atoms with Crippen LogP contribution >= 0.6 is 0 Å². The zero-order valence-electron chi connectivity index (χ0n) is 15.9. The highest BCUT2D eigenvalue weighted by molar-refractivity contribution is 5.36. The SMILES string of the molecule is CCCCC=CCCCC=CCCCCCCc1cc(O)cc(O)c1. The van der Waals surface area contributed by atoms with E-state index >= 15 is 0 Å². The summed E-state index contributed by atoms with van der Waals surface area (Å²) in [5, 5.41) is 18.9. The second kappa shape index (κ2) is 14.6. The van der Waals surface area contributed by atoms with E-state index in [0.717, 1.165) is 18.4 Å². The Morgan fingerprint density at radius 3 is 1.76 bits per heavy atom. The zero-order valence-corrected chi connectivity index (χ0v) is 15.9. The molecule has 25 heavy (non-hydrogen) atoms. The predicted molar refractivity (Wildman–Crippen MR) is 108 cm³/mol. The van der Waals surface area contributed by atoms with Crippen LogP contribution in [0.2, 0.25) is 0 Å². The first kappa shape index (κ1) is 21.3. The minimum Gasteiger partial charge on any atom is -0.508 e. The van der Waals surface area contributed by atoms with E-state index in [1.54, 1.807) is 12.1 Å². The number of phenols is 2. The molecule has 0 atom stereocenters. The number of rotatable bonds is 14. The van der Waals surface area contributed by atoms with E-state index in [9.17, 15) is 10.2 Å². The molecule has 0 radical (unpaired) electrons. The number of allylic oxidation sites excluding steroid dienone is 4. The van der Waals surface area contributed by atoms with Crippen LogP contribution in [0.15, 0.2) is 42.5 Å². The number of unbranched alkanes of at least 4 members (excludes halogenated alkanes) is 8. The molecule has 1 aromatic rings.